The second-order valence-corrected chi connectivity index (χ2v) is 8.45. The highest BCUT2D eigenvalue weighted by molar-refractivity contribution is 7.88. The zero-order valence-corrected chi connectivity index (χ0v) is 16.4. The first-order valence-electron chi connectivity index (χ1n) is 8.91. The Morgan fingerprint density at radius 2 is 1.96 bits per heavy atom. The number of amides is 2. The summed E-state index contributed by atoms with van der Waals surface area (Å²) in [6.45, 7) is 6.35. The minimum Gasteiger partial charge on any atom is -0.463 e. The molecule has 148 valence electrons. The highest BCUT2D eigenvalue weighted by Crippen LogP contribution is 2.19. The number of urea groups is 1. The van der Waals surface area contributed by atoms with Gasteiger partial charge in [0.15, 0.2) is 0 Å². The first kappa shape index (κ1) is 20.7. The van der Waals surface area contributed by atoms with E-state index in [0.717, 1.165) is 0 Å². The average molecular weight is 388 g/mol. The maximum absolute atomic E-state index is 12.4. The molecule has 2 aliphatic heterocycles. The van der Waals surface area contributed by atoms with Crippen molar-refractivity contribution in [1.29, 1.82) is 0 Å². The summed E-state index contributed by atoms with van der Waals surface area (Å²) in [4.78, 5) is 26.4. The number of carbonyl (C=O) groups is 2. The number of hydrogen-bond acceptors (Lipinski definition) is 6. The van der Waals surface area contributed by atoms with Crippen molar-refractivity contribution in [2.45, 2.75) is 32.7 Å². The van der Waals surface area contributed by atoms with Gasteiger partial charge >= 0.3 is 12.0 Å². The van der Waals surface area contributed by atoms with Crippen molar-refractivity contribution >= 4 is 22.0 Å². The predicted molar refractivity (Wildman–Crippen MR) is 96.9 cm³/mol. The van der Waals surface area contributed by atoms with Gasteiger partial charge in [-0.25, -0.2) is 22.3 Å². The predicted octanol–water partition coefficient (Wildman–Crippen LogP) is -0.138. The van der Waals surface area contributed by atoms with Crippen molar-refractivity contribution in [2.24, 2.45) is 0 Å². The number of nitrogens with zero attached hydrogens (tertiary/aromatic N) is 2. The van der Waals surface area contributed by atoms with Crippen molar-refractivity contribution in [1.82, 2.24) is 19.8 Å². The van der Waals surface area contributed by atoms with Crippen LogP contribution in [-0.4, -0.2) is 81.3 Å². The Kier molecular flexibility index (Phi) is 7.01. The summed E-state index contributed by atoms with van der Waals surface area (Å²) >= 11 is 0. The lowest BCUT2D eigenvalue weighted by Gasteiger charge is -2.31. The zero-order valence-electron chi connectivity index (χ0n) is 15.6. The number of esters is 1. The summed E-state index contributed by atoms with van der Waals surface area (Å²) in [6, 6.07) is -0.732. The minimum absolute atomic E-state index is 0.257. The van der Waals surface area contributed by atoms with Crippen LogP contribution in [0, 0.1) is 0 Å². The molecule has 2 N–H and O–H groups in total. The van der Waals surface area contributed by atoms with Gasteiger partial charge in [-0.05, 0) is 26.3 Å². The average Bonchev–Trinajstić information content (AvgIpc) is 2.79. The molecule has 0 saturated carbocycles. The Labute approximate surface area is 154 Å². The van der Waals surface area contributed by atoms with Gasteiger partial charge in [0.2, 0.25) is 10.0 Å². The molecule has 26 heavy (non-hydrogen) atoms. The Morgan fingerprint density at radius 1 is 1.23 bits per heavy atom. The summed E-state index contributed by atoms with van der Waals surface area (Å²) in [5.41, 5.74) is 0.977. The van der Waals surface area contributed by atoms with E-state index in [1.807, 2.05) is 6.92 Å². The molecule has 1 fully saturated rings. The van der Waals surface area contributed by atoms with Gasteiger partial charge in [-0.1, -0.05) is 6.92 Å². The van der Waals surface area contributed by atoms with Crippen molar-refractivity contribution in [3.05, 3.63) is 11.3 Å². The number of hydrogen-bond donors (Lipinski definition) is 2. The van der Waals surface area contributed by atoms with E-state index in [4.69, 9.17) is 4.74 Å². The summed E-state index contributed by atoms with van der Waals surface area (Å²) < 4.78 is 30.1. The molecule has 2 aliphatic rings. The zero-order chi connectivity index (χ0) is 19.3. The van der Waals surface area contributed by atoms with Crippen LogP contribution in [0.1, 0.15) is 26.7 Å². The Bertz CT molecular complexity index is 676. The Hall–Kier alpha value is -1.65. The summed E-state index contributed by atoms with van der Waals surface area (Å²) in [5, 5.41) is 5.48. The molecular weight excluding hydrogens is 360 g/mol. The second kappa shape index (κ2) is 8.83. The van der Waals surface area contributed by atoms with Crippen molar-refractivity contribution in [3.63, 3.8) is 0 Å². The monoisotopic (exact) mass is 388 g/mol. The minimum atomic E-state index is -3.22. The molecule has 0 spiro atoms. The van der Waals surface area contributed by atoms with Gasteiger partial charge in [0, 0.05) is 31.9 Å². The number of nitrogens with one attached hydrogen (secondary N) is 2. The molecule has 0 radical (unpaired) electrons. The van der Waals surface area contributed by atoms with Gasteiger partial charge < -0.3 is 15.4 Å². The van der Waals surface area contributed by atoms with Gasteiger partial charge in [-0.3, -0.25) is 4.90 Å². The maximum atomic E-state index is 12.4. The molecular formula is C16H28N4O5S. The number of rotatable bonds is 6. The normalized spacial score (nSPS) is 23.2. The smallest absolute Gasteiger partial charge is 0.337 e. The van der Waals surface area contributed by atoms with Gasteiger partial charge in [-0.15, -0.1) is 0 Å². The van der Waals surface area contributed by atoms with Crippen molar-refractivity contribution in [2.75, 3.05) is 45.6 Å². The van der Waals surface area contributed by atoms with E-state index in [1.165, 1.54) is 10.6 Å². The second-order valence-electron chi connectivity index (χ2n) is 6.46. The van der Waals surface area contributed by atoms with Gasteiger partial charge in [-0.2, -0.15) is 0 Å². The Balaban J connectivity index is 2.19. The van der Waals surface area contributed by atoms with Crippen molar-refractivity contribution < 1.29 is 22.7 Å². The molecule has 0 unspecified atom stereocenters. The van der Waals surface area contributed by atoms with E-state index >= 15 is 0 Å². The fourth-order valence-corrected chi connectivity index (χ4v) is 4.12. The molecule has 2 rings (SSSR count). The largest absolute Gasteiger partial charge is 0.463 e. The van der Waals surface area contributed by atoms with E-state index in [9.17, 15) is 18.0 Å². The highest BCUT2D eigenvalue weighted by atomic mass is 32.2. The molecule has 1 atom stereocenters. The first-order valence-corrected chi connectivity index (χ1v) is 10.8. The van der Waals surface area contributed by atoms with E-state index in [2.05, 4.69) is 15.5 Å². The molecule has 1 saturated heterocycles. The molecule has 0 bridgehead atoms. The number of sulfonamides is 1. The standard InChI is InChI=1S/C16H28N4O5S/c1-4-12-14(15(21)25-5-2)13(18-16(22)17-12)11-19-7-6-8-20(10-9-19)26(3,23)24/h12H,4-11H2,1-3H3,(H2,17,18,22)/t12-/m0/s1. The van der Waals surface area contributed by atoms with E-state index in [-0.39, 0.29) is 12.6 Å². The third kappa shape index (κ3) is 5.18. The lowest BCUT2D eigenvalue weighted by atomic mass is 10.00. The SMILES string of the molecule is CCOC(=O)C1=C(CN2CCCN(S(C)(=O)=O)CC2)NC(=O)N[C@H]1CC. The molecule has 2 amide bonds. The summed E-state index contributed by atoms with van der Waals surface area (Å²) in [5.74, 6) is -0.436. The van der Waals surface area contributed by atoms with Crippen LogP contribution in [0.3, 0.4) is 0 Å². The number of carbonyl (C=O) groups excluding carboxylic acids is 2. The molecule has 0 aromatic heterocycles. The fraction of sp³-hybridized carbons (Fsp3) is 0.750. The van der Waals surface area contributed by atoms with Crippen LogP contribution in [0.2, 0.25) is 0 Å². The van der Waals surface area contributed by atoms with Crippen LogP contribution in [0.15, 0.2) is 11.3 Å². The molecule has 9 nitrogen and oxygen atoms in total. The topological polar surface area (TPSA) is 108 Å². The van der Waals surface area contributed by atoms with Crippen LogP contribution in [0.4, 0.5) is 4.79 Å². The molecule has 10 heteroatoms. The van der Waals surface area contributed by atoms with Gasteiger partial charge in [0.05, 0.1) is 24.5 Å². The van der Waals surface area contributed by atoms with Crippen LogP contribution >= 0.6 is 0 Å². The third-order valence-electron chi connectivity index (χ3n) is 4.55. The maximum Gasteiger partial charge on any atom is 0.337 e. The van der Waals surface area contributed by atoms with E-state index in [1.54, 1.807) is 6.92 Å². The quantitative estimate of drug-likeness (QED) is 0.614. The van der Waals surface area contributed by atoms with Crippen molar-refractivity contribution in [3.8, 4) is 0 Å². The van der Waals surface area contributed by atoms with Gasteiger partial charge in [0.1, 0.15) is 0 Å². The molecule has 2 heterocycles. The third-order valence-corrected chi connectivity index (χ3v) is 5.85. The first-order chi connectivity index (χ1) is 12.3. The lowest BCUT2D eigenvalue weighted by molar-refractivity contribution is -0.139. The molecule has 0 aliphatic carbocycles. The van der Waals surface area contributed by atoms with E-state index in [0.29, 0.717) is 56.8 Å². The molecule has 0 aromatic rings. The number of ether oxygens (including phenoxy) is 1. The lowest BCUT2D eigenvalue weighted by Crippen LogP contribution is -2.52. The van der Waals surface area contributed by atoms with Crippen LogP contribution < -0.4 is 10.6 Å². The van der Waals surface area contributed by atoms with E-state index < -0.39 is 22.0 Å². The van der Waals surface area contributed by atoms with Crippen LogP contribution in [-0.2, 0) is 19.6 Å². The summed E-state index contributed by atoms with van der Waals surface area (Å²) in [7, 11) is -3.22. The van der Waals surface area contributed by atoms with Crippen LogP contribution in [0.5, 0.6) is 0 Å². The Morgan fingerprint density at radius 3 is 2.58 bits per heavy atom. The molecule has 0 aromatic carbocycles. The van der Waals surface area contributed by atoms with Crippen LogP contribution in [0.25, 0.3) is 0 Å². The fourth-order valence-electron chi connectivity index (χ4n) is 3.25. The van der Waals surface area contributed by atoms with Gasteiger partial charge in [0.25, 0.3) is 0 Å². The summed E-state index contributed by atoms with van der Waals surface area (Å²) in [6.07, 6.45) is 2.48. The highest BCUT2D eigenvalue weighted by Gasteiger charge is 2.32.